The molecule has 1 unspecified atom stereocenters. The first-order valence-electron chi connectivity index (χ1n) is 8.80. The summed E-state index contributed by atoms with van der Waals surface area (Å²) in [6.07, 6.45) is 4.27. The first-order valence-corrected chi connectivity index (χ1v) is 8.80. The number of hydrogen-bond donors (Lipinski definition) is 3. The summed E-state index contributed by atoms with van der Waals surface area (Å²) in [4.78, 5) is 13.5. The number of imidazole rings is 1. The Hall–Kier alpha value is -2.98. The fourth-order valence-electron chi connectivity index (χ4n) is 3.00. The number of hydrogen-bond acceptors (Lipinski definition) is 8. The smallest absolute Gasteiger partial charge is 0.178 e. The van der Waals surface area contributed by atoms with Gasteiger partial charge in [-0.2, -0.15) is 5.10 Å². The molecule has 10 heteroatoms. The summed E-state index contributed by atoms with van der Waals surface area (Å²) in [7, 11) is 0. The van der Waals surface area contributed by atoms with Crippen LogP contribution in [0.15, 0.2) is 24.8 Å². The summed E-state index contributed by atoms with van der Waals surface area (Å²) < 4.78 is 9.75. The minimum atomic E-state index is -0.953. The third-order valence-electron chi connectivity index (χ3n) is 4.26. The van der Waals surface area contributed by atoms with E-state index in [9.17, 15) is 5.11 Å². The van der Waals surface area contributed by atoms with E-state index in [1.54, 1.807) is 18.6 Å². The molecule has 0 saturated carbocycles. The summed E-state index contributed by atoms with van der Waals surface area (Å²) in [6.45, 7) is 5.49. The molecule has 0 radical (unpaired) electrons. The molecule has 0 amide bonds. The van der Waals surface area contributed by atoms with Crippen LogP contribution < -0.4 is 15.8 Å². The summed E-state index contributed by atoms with van der Waals surface area (Å²) in [6, 6.07) is 1.98. The molecule has 0 spiro atoms. The first kappa shape index (κ1) is 17.4. The molecule has 10 nitrogen and oxygen atoms in total. The van der Waals surface area contributed by atoms with E-state index in [4.69, 9.17) is 15.5 Å². The fourth-order valence-corrected chi connectivity index (χ4v) is 3.00. The average molecular weight is 370 g/mol. The van der Waals surface area contributed by atoms with Crippen molar-refractivity contribution >= 4 is 5.82 Å². The first-order chi connectivity index (χ1) is 13.0. The maximum absolute atomic E-state index is 9.21. The van der Waals surface area contributed by atoms with Crippen molar-refractivity contribution in [1.82, 2.24) is 29.3 Å². The van der Waals surface area contributed by atoms with Gasteiger partial charge in [-0.25, -0.2) is 19.6 Å². The van der Waals surface area contributed by atoms with Gasteiger partial charge in [0.1, 0.15) is 42.2 Å². The lowest BCUT2D eigenvalue weighted by Gasteiger charge is -2.11. The predicted octanol–water partition coefficient (Wildman–Crippen LogP) is 0.866. The van der Waals surface area contributed by atoms with E-state index in [0.29, 0.717) is 24.7 Å². The van der Waals surface area contributed by atoms with E-state index in [2.05, 4.69) is 34.2 Å². The van der Waals surface area contributed by atoms with Gasteiger partial charge in [0.2, 0.25) is 0 Å². The second kappa shape index (κ2) is 6.97. The predicted molar refractivity (Wildman–Crippen MR) is 99.0 cm³/mol. The van der Waals surface area contributed by atoms with Gasteiger partial charge < -0.3 is 25.5 Å². The van der Waals surface area contributed by atoms with Crippen molar-refractivity contribution in [3.05, 3.63) is 24.8 Å². The van der Waals surface area contributed by atoms with Crippen LogP contribution in [0.5, 0.6) is 5.75 Å². The van der Waals surface area contributed by atoms with Gasteiger partial charge in [-0.3, -0.25) is 0 Å². The molecule has 0 fully saturated rings. The van der Waals surface area contributed by atoms with Gasteiger partial charge in [0.05, 0.1) is 18.7 Å². The lowest BCUT2D eigenvalue weighted by Crippen LogP contribution is -2.28. The van der Waals surface area contributed by atoms with E-state index in [0.717, 1.165) is 22.9 Å². The Kier molecular flexibility index (Phi) is 4.50. The number of aliphatic hydroxyl groups excluding tert-OH is 1. The number of pyridine rings is 1. The number of anilines is 1. The molecule has 1 aliphatic heterocycles. The highest BCUT2D eigenvalue weighted by Gasteiger charge is 2.22. The summed E-state index contributed by atoms with van der Waals surface area (Å²) in [5.41, 5.74) is 6.92. The minimum absolute atomic E-state index is 0.188. The molecule has 3 aromatic rings. The molecular weight excluding hydrogens is 348 g/mol. The van der Waals surface area contributed by atoms with Crippen molar-refractivity contribution in [2.24, 2.45) is 5.73 Å². The molecule has 4 N–H and O–H groups in total. The minimum Gasteiger partial charge on any atom is -0.491 e. The van der Waals surface area contributed by atoms with Crippen LogP contribution in [0.2, 0.25) is 0 Å². The lowest BCUT2D eigenvalue weighted by atomic mass is 10.2. The summed E-state index contributed by atoms with van der Waals surface area (Å²) in [5.74, 6) is 2.77. The van der Waals surface area contributed by atoms with Crippen LogP contribution >= 0.6 is 0 Å². The second-order valence-electron chi connectivity index (χ2n) is 6.63. The molecule has 142 valence electrons. The summed E-state index contributed by atoms with van der Waals surface area (Å²) in [5, 5.41) is 16.5. The maximum Gasteiger partial charge on any atom is 0.178 e. The van der Waals surface area contributed by atoms with Gasteiger partial charge in [-0.05, 0) is 13.8 Å². The zero-order valence-electron chi connectivity index (χ0n) is 15.2. The quantitative estimate of drug-likeness (QED) is 0.564. The Labute approximate surface area is 156 Å². The molecular formula is C17H22N8O2. The molecule has 0 aliphatic carbocycles. The van der Waals surface area contributed by atoms with Crippen molar-refractivity contribution in [3.63, 3.8) is 0 Å². The Balaban J connectivity index is 1.71. The number of aliphatic hydroxyl groups is 1. The molecule has 27 heavy (non-hydrogen) atoms. The Morgan fingerprint density at radius 2 is 2.19 bits per heavy atom. The lowest BCUT2D eigenvalue weighted by molar-refractivity contribution is 0.195. The van der Waals surface area contributed by atoms with Crippen LogP contribution in [0.3, 0.4) is 0 Å². The van der Waals surface area contributed by atoms with Crippen LogP contribution in [0.4, 0.5) is 5.82 Å². The number of nitrogens with one attached hydrogen (secondary N) is 1. The van der Waals surface area contributed by atoms with Gasteiger partial charge in [0.25, 0.3) is 0 Å². The second-order valence-corrected chi connectivity index (χ2v) is 6.63. The van der Waals surface area contributed by atoms with Crippen molar-refractivity contribution in [2.45, 2.75) is 32.7 Å². The van der Waals surface area contributed by atoms with Gasteiger partial charge in [0.15, 0.2) is 5.82 Å². The fraction of sp³-hybridized carbons (Fsp3) is 0.412. The van der Waals surface area contributed by atoms with Crippen molar-refractivity contribution in [1.29, 1.82) is 0 Å². The molecule has 0 aromatic carbocycles. The van der Waals surface area contributed by atoms with E-state index < -0.39 is 6.23 Å². The van der Waals surface area contributed by atoms with Gasteiger partial charge in [0, 0.05) is 24.5 Å². The zero-order valence-corrected chi connectivity index (χ0v) is 15.2. The highest BCUT2D eigenvalue weighted by molar-refractivity contribution is 5.69. The number of nitrogens with two attached hydrogens (primary N) is 1. The van der Waals surface area contributed by atoms with Gasteiger partial charge in [-0.15, -0.1) is 0 Å². The van der Waals surface area contributed by atoms with E-state index in [1.165, 1.54) is 0 Å². The third-order valence-corrected chi connectivity index (χ3v) is 4.26. The summed E-state index contributed by atoms with van der Waals surface area (Å²) >= 11 is 0. The SMILES string of the molecule is CC(C)n1ncnc1-c1cn2c(n1)-c1cnc(NCC(N)O)cc1OCC2. The molecule has 4 heterocycles. The standard InChI is InChI=1S/C17H22N8O2/c1-10(2)25-17(21-9-22-25)12-8-24-3-4-27-13-5-15(20-7-14(18)26)19-6-11(13)16(24)23-12/h5-6,8-10,14,26H,3-4,7,18H2,1-2H3,(H,19,20). The molecule has 1 aliphatic rings. The van der Waals surface area contributed by atoms with Gasteiger partial charge in [-0.1, -0.05) is 0 Å². The number of fused-ring (bicyclic) bond motifs is 3. The Bertz CT molecular complexity index is 946. The zero-order chi connectivity index (χ0) is 19.0. The molecule has 3 aromatic heterocycles. The third kappa shape index (κ3) is 3.36. The number of aromatic nitrogens is 6. The monoisotopic (exact) mass is 370 g/mol. The maximum atomic E-state index is 9.21. The highest BCUT2D eigenvalue weighted by atomic mass is 16.5. The molecule has 1 atom stereocenters. The highest BCUT2D eigenvalue weighted by Crippen LogP contribution is 2.34. The van der Waals surface area contributed by atoms with Crippen LogP contribution in [0.1, 0.15) is 19.9 Å². The Morgan fingerprint density at radius 1 is 1.33 bits per heavy atom. The van der Waals surface area contributed by atoms with Crippen LogP contribution in [-0.4, -0.2) is 53.8 Å². The van der Waals surface area contributed by atoms with E-state index in [-0.39, 0.29) is 12.6 Å². The molecule has 4 rings (SSSR count). The van der Waals surface area contributed by atoms with Crippen LogP contribution in [0, 0.1) is 0 Å². The Morgan fingerprint density at radius 3 is 2.96 bits per heavy atom. The van der Waals surface area contributed by atoms with E-state index >= 15 is 0 Å². The van der Waals surface area contributed by atoms with Crippen molar-refractivity contribution < 1.29 is 9.84 Å². The topological polar surface area (TPSA) is 129 Å². The van der Waals surface area contributed by atoms with Gasteiger partial charge >= 0.3 is 0 Å². The van der Waals surface area contributed by atoms with E-state index in [1.807, 2.05) is 15.4 Å². The largest absolute Gasteiger partial charge is 0.491 e. The van der Waals surface area contributed by atoms with Crippen molar-refractivity contribution in [2.75, 3.05) is 18.5 Å². The average Bonchev–Trinajstić information content (AvgIpc) is 3.24. The number of nitrogens with zero attached hydrogens (tertiary/aromatic N) is 6. The normalized spacial score (nSPS) is 14.3. The van der Waals surface area contributed by atoms with Crippen LogP contribution in [0.25, 0.3) is 22.9 Å². The number of ether oxygens (including phenoxy) is 1. The molecule has 0 bridgehead atoms. The number of rotatable bonds is 5. The van der Waals surface area contributed by atoms with Crippen molar-refractivity contribution in [3.8, 4) is 28.7 Å². The molecule has 0 saturated heterocycles. The van der Waals surface area contributed by atoms with Crippen LogP contribution in [-0.2, 0) is 6.54 Å².